The van der Waals surface area contributed by atoms with Gasteiger partial charge in [0.05, 0.1) is 11.9 Å². The maximum absolute atomic E-state index is 10.2. The van der Waals surface area contributed by atoms with Gasteiger partial charge in [-0.15, -0.1) is 0 Å². The van der Waals surface area contributed by atoms with Crippen LogP contribution in [-0.4, -0.2) is 11.9 Å². The van der Waals surface area contributed by atoms with Gasteiger partial charge in [-0.25, -0.2) is 0 Å². The molecule has 4 nitrogen and oxygen atoms in total. The van der Waals surface area contributed by atoms with Crippen LogP contribution in [0.25, 0.3) is 0 Å². The summed E-state index contributed by atoms with van der Waals surface area (Å²) in [5, 5.41) is 20.3. The third kappa shape index (κ3) is 52.7. The van der Waals surface area contributed by atoms with Crippen molar-refractivity contribution >= 4 is 11.9 Å². The van der Waals surface area contributed by atoms with Crippen molar-refractivity contribution in [2.75, 3.05) is 0 Å². The van der Waals surface area contributed by atoms with Crippen molar-refractivity contribution in [3.63, 3.8) is 0 Å². The Balaban J connectivity index is -0.000000767. The van der Waals surface area contributed by atoms with E-state index in [4.69, 9.17) is 0 Å². The molecule has 0 aliphatic rings. The Labute approximate surface area is 291 Å². The van der Waals surface area contributed by atoms with Crippen molar-refractivity contribution < 1.29 is 36.9 Å². The predicted octanol–water partition coefficient (Wildman–Crippen LogP) is 11.1. The largest absolute Gasteiger partial charge is 2.00 e. The van der Waals surface area contributed by atoms with Gasteiger partial charge >= 0.3 is 17.1 Å². The zero-order chi connectivity index (χ0) is 32.6. The molecule has 0 unspecified atom stereocenters. The Morgan fingerprint density at radius 3 is 0.711 bits per heavy atom. The molecule has 0 aliphatic heterocycles. The summed E-state index contributed by atoms with van der Waals surface area (Å²) < 4.78 is 0. The smallest absolute Gasteiger partial charge is 0.545 e. The van der Waals surface area contributed by atoms with Gasteiger partial charge in [0, 0.05) is 0 Å². The fourth-order valence-electron chi connectivity index (χ4n) is 5.63. The second-order valence-electron chi connectivity index (χ2n) is 12.9. The average molecular weight is 683 g/mol. The van der Waals surface area contributed by atoms with Gasteiger partial charge in [-0.1, -0.05) is 206 Å². The normalized spacial score (nSPS) is 11.1. The van der Waals surface area contributed by atoms with Crippen molar-refractivity contribution in [1.82, 2.24) is 0 Å². The number of allylic oxidation sites excluding steroid dienone is 2. The number of rotatable bonds is 34. The number of carboxylic acids is 2. The van der Waals surface area contributed by atoms with Crippen LogP contribution in [-0.2, 0) is 26.7 Å². The van der Waals surface area contributed by atoms with Gasteiger partial charge in [0.1, 0.15) is 0 Å². The molecular weight excluding hydrogens is 608 g/mol. The molecule has 0 bridgehead atoms. The fourth-order valence-corrected chi connectivity index (χ4v) is 5.63. The topological polar surface area (TPSA) is 80.3 Å². The number of carbonyl (C=O) groups excluding carboxylic acids is 2. The summed E-state index contributed by atoms with van der Waals surface area (Å²) in [5.41, 5.74) is 0. The van der Waals surface area contributed by atoms with Crippen molar-refractivity contribution in [2.45, 2.75) is 219 Å². The van der Waals surface area contributed by atoms with E-state index in [0.717, 1.165) is 37.8 Å². The number of hydrogen-bond acceptors (Lipinski definition) is 4. The maximum atomic E-state index is 10.2. The van der Waals surface area contributed by atoms with Gasteiger partial charge in [0.2, 0.25) is 0 Å². The monoisotopic (exact) mass is 681 g/mol. The second-order valence-corrected chi connectivity index (χ2v) is 12.9. The van der Waals surface area contributed by atoms with Crippen LogP contribution in [0.2, 0.25) is 0 Å². The SMILES string of the molecule is CCCCCCCCCCCCCCCCCC=CC(=O)[O-].CCCCCCCCCCCCCCCCCC=CC(=O)[O-].[Cu+2]. The first kappa shape index (κ1) is 48.3. The summed E-state index contributed by atoms with van der Waals surface area (Å²) in [6.45, 7) is 4.54. The third-order valence-electron chi connectivity index (χ3n) is 8.46. The Kier molecular flexibility index (Phi) is 48.4. The van der Waals surface area contributed by atoms with Crippen LogP contribution in [0.1, 0.15) is 219 Å². The van der Waals surface area contributed by atoms with Crippen LogP contribution in [0, 0.1) is 0 Å². The van der Waals surface area contributed by atoms with Crippen LogP contribution in [0.15, 0.2) is 24.3 Å². The van der Waals surface area contributed by atoms with Gasteiger partial charge in [0.15, 0.2) is 0 Å². The molecule has 0 spiro atoms. The van der Waals surface area contributed by atoms with Crippen LogP contribution in [0.4, 0.5) is 0 Å². The van der Waals surface area contributed by atoms with E-state index in [0.29, 0.717) is 0 Å². The third-order valence-corrected chi connectivity index (χ3v) is 8.46. The Hall–Kier alpha value is -1.06. The Morgan fingerprint density at radius 1 is 0.356 bits per heavy atom. The molecule has 45 heavy (non-hydrogen) atoms. The zero-order valence-electron chi connectivity index (χ0n) is 29.9. The molecule has 0 heterocycles. The Morgan fingerprint density at radius 2 is 0.533 bits per heavy atom. The molecule has 0 saturated carbocycles. The molecule has 0 amide bonds. The number of unbranched alkanes of at least 4 members (excludes halogenated alkanes) is 30. The maximum Gasteiger partial charge on any atom is 2.00 e. The first-order chi connectivity index (χ1) is 21.5. The van der Waals surface area contributed by atoms with Crippen LogP contribution in [0.3, 0.4) is 0 Å². The standard InChI is InChI=1S/2C20H38O2.Cu/c2*1-2-3-4-5-6-7-8-9-10-11-12-13-14-15-16-17-18-19-20(21)22;/h2*18-19H,2-17H2,1H3,(H,21,22);/q;;+2/p-2. The van der Waals surface area contributed by atoms with Gasteiger partial charge in [-0.05, 0) is 37.8 Å². The van der Waals surface area contributed by atoms with Gasteiger partial charge in [-0.2, -0.15) is 0 Å². The molecule has 0 saturated heterocycles. The summed E-state index contributed by atoms with van der Waals surface area (Å²) >= 11 is 0. The molecule has 0 fully saturated rings. The molecule has 0 aromatic carbocycles. The number of carbonyl (C=O) groups is 2. The van der Waals surface area contributed by atoms with Crippen LogP contribution < -0.4 is 10.2 Å². The minimum atomic E-state index is -1.08. The molecule has 269 valence electrons. The molecule has 0 aromatic heterocycles. The van der Waals surface area contributed by atoms with Crippen LogP contribution >= 0.6 is 0 Å². The molecule has 0 N–H and O–H groups in total. The molecule has 0 aliphatic carbocycles. The minimum absolute atomic E-state index is 0. The van der Waals surface area contributed by atoms with E-state index >= 15 is 0 Å². The summed E-state index contributed by atoms with van der Waals surface area (Å²) in [7, 11) is 0. The summed E-state index contributed by atoms with van der Waals surface area (Å²) in [6, 6.07) is 0. The Bertz CT molecular complexity index is 578. The number of carboxylic acid groups (broad SMARTS) is 2. The van der Waals surface area contributed by atoms with E-state index in [-0.39, 0.29) is 17.1 Å². The van der Waals surface area contributed by atoms with Crippen LogP contribution in [0.5, 0.6) is 0 Å². The van der Waals surface area contributed by atoms with E-state index in [1.807, 2.05) is 0 Å². The first-order valence-corrected chi connectivity index (χ1v) is 19.3. The van der Waals surface area contributed by atoms with Gasteiger partial charge < -0.3 is 19.8 Å². The minimum Gasteiger partial charge on any atom is -0.545 e. The van der Waals surface area contributed by atoms with Gasteiger partial charge in [0.25, 0.3) is 0 Å². The number of aliphatic carboxylic acids is 2. The van der Waals surface area contributed by atoms with Gasteiger partial charge in [-0.3, -0.25) is 0 Å². The first-order valence-electron chi connectivity index (χ1n) is 19.3. The predicted molar refractivity (Wildman–Crippen MR) is 187 cm³/mol. The zero-order valence-corrected chi connectivity index (χ0v) is 30.8. The summed E-state index contributed by atoms with van der Waals surface area (Å²) in [6.07, 6.45) is 48.3. The van der Waals surface area contributed by atoms with Crippen molar-refractivity contribution in [3.8, 4) is 0 Å². The van der Waals surface area contributed by atoms with E-state index in [9.17, 15) is 19.8 Å². The molecule has 0 atom stereocenters. The molecular formula is C40H74CuO4. The van der Waals surface area contributed by atoms with Crippen molar-refractivity contribution in [2.24, 2.45) is 0 Å². The molecule has 1 radical (unpaired) electrons. The van der Waals surface area contributed by atoms with E-state index in [1.165, 1.54) is 180 Å². The van der Waals surface area contributed by atoms with E-state index in [2.05, 4.69) is 13.8 Å². The second kappa shape index (κ2) is 45.1. The molecule has 0 aromatic rings. The fraction of sp³-hybridized carbons (Fsp3) is 0.850. The molecule has 0 rings (SSSR count). The number of hydrogen-bond donors (Lipinski definition) is 0. The van der Waals surface area contributed by atoms with Crippen molar-refractivity contribution in [3.05, 3.63) is 24.3 Å². The molecule has 5 heteroatoms. The van der Waals surface area contributed by atoms with E-state index < -0.39 is 11.9 Å². The van der Waals surface area contributed by atoms with Crippen molar-refractivity contribution in [1.29, 1.82) is 0 Å². The average Bonchev–Trinajstić information content (AvgIpc) is 3.00. The quantitative estimate of drug-likeness (QED) is 0.0384. The summed E-state index contributed by atoms with van der Waals surface area (Å²) in [4.78, 5) is 20.3. The summed E-state index contributed by atoms with van der Waals surface area (Å²) in [5.74, 6) is -2.16. The van der Waals surface area contributed by atoms with E-state index in [1.54, 1.807) is 12.2 Å².